The summed E-state index contributed by atoms with van der Waals surface area (Å²) in [4.78, 5) is 22.4. The van der Waals surface area contributed by atoms with Gasteiger partial charge in [-0.2, -0.15) is 0 Å². The fourth-order valence-corrected chi connectivity index (χ4v) is 2.93. The van der Waals surface area contributed by atoms with Gasteiger partial charge >= 0.3 is 5.97 Å². The third-order valence-corrected chi connectivity index (χ3v) is 4.64. The Morgan fingerprint density at radius 1 is 1.32 bits per heavy atom. The van der Waals surface area contributed by atoms with E-state index in [1.54, 1.807) is 12.1 Å². The van der Waals surface area contributed by atoms with Gasteiger partial charge in [0, 0.05) is 17.6 Å². The van der Waals surface area contributed by atoms with Gasteiger partial charge in [-0.1, -0.05) is 34.8 Å². The summed E-state index contributed by atoms with van der Waals surface area (Å²) in [6, 6.07) is 2.23. The fourth-order valence-electron chi connectivity index (χ4n) is 1.21. The van der Waals surface area contributed by atoms with Crippen molar-refractivity contribution in [2.75, 3.05) is 5.75 Å². The van der Waals surface area contributed by atoms with Crippen molar-refractivity contribution in [2.24, 2.45) is 0 Å². The van der Waals surface area contributed by atoms with Crippen molar-refractivity contribution in [3.8, 4) is 0 Å². The van der Waals surface area contributed by atoms with E-state index >= 15 is 0 Å². The van der Waals surface area contributed by atoms with Gasteiger partial charge in [0.2, 0.25) is 5.91 Å². The first-order valence-electron chi connectivity index (χ1n) is 5.09. The molecule has 0 unspecified atom stereocenters. The molecule has 0 bridgehead atoms. The van der Waals surface area contributed by atoms with E-state index < -0.39 is 17.9 Å². The highest BCUT2D eigenvalue weighted by molar-refractivity contribution is 7.99. The van der Waals surface area contributed by atoms with Crippen LogP contribution in [0.5, 0.6) is 0 Å². The summed E-state index contributed by atoms with van der Waals surface area (Å²) in [6.07, 6.45) is 0. The largest absolute Gasteiger partial charge is 0.480 e. The van der Waals surface area contributed by atoms with Gasteiger partial charge in [0.05, 0.1) is 15.1 Å². The topological polar surface area (TPSA) is 66.4 Å². The van der Waals surface area contributed by atoms with E-state index in [1.165, 1.54) is 18.7 Å². The molecule has 1 atom stereocenters. The van der Waals surface area contributed by atoms with Crippen LogP contribution in [0, 0.1) is 0 Å². The molecular weight excluding hydrogens is 333 g/mol. The number of benzene rings is 1. The Bertz CT molecular complexity index is 510. The molecule has 0 aliphatic carbocycles. The second-order valence-corrected chi connectivity index (χ2v) is 5.80. The highest BCUT2D eigenvalue weighted by Crippen LogP contribution is 2.37. The molecule has 104 valence electrons. The van der Waals surface area contributed by atoms with Crippen LogP contribution in [0.2, 0.25) is 15.1 Å². The summed E-state index contributed by atoms with van der Waals surface area (Å²) in [5.74, 6) is -1.39. The lowest BCUT2D eigenvalue weighted by Crippen LogP contribution is -2.41. The van der Waals surface area contributed by atoms with Gasteiger partial charge in [0.1, 0.15) is 6.04 Å². The Balaban J connectivity index is 2.77. The zero-order chi connectivity index (χ0) is 14.6. The molecule has 1 aromatic carbocycles. The van der Waals surface area contributed by atoms with Crippen LogP contribution in [0.4, 0.5) is 0 Å². The number of rotatable bonds is 5. The van der Waals surface area contributed by atoms with E-state index in [0.29, 0.717) is 9.92 Å². The van der Waals surface area contributed by atoms with Crippen LogP contribution in [-0.4, -0.2) is 28.8 Å². The average Bonchev–Trinajstić information content (AvgIpc) is 2.33. The van der Waals surface area contributed by atoms with Crippen molar-refractivity contribution in [1.29, 1.82) is 0 Å². The summed E-state index contributed by atoms with van der Waals surface area (Å²) >= 11 is 18.8. The second kappa shape index (κ2) is 7.24. The molecule has 19 heavy (non-hydrogen) atoms. The van der Waals surface area contributed by atoms with Crippen molar-refractivity contribution in [2.45, 2.75) is 17.9 Å². The quantitative estimate of drug-likeness (QED) is 0.636. The lowest BCUT2D eigenvalue weighted by molar-refractivity contribution is -0.140. The maximum atomic E-state index is 11.0. The molecule has 4 nitrogen and oxygen atoms in total. The Kier molecular flexibility index (Phi) is 6.26. The van der Waals surface area contributed by atoms with E-state index in [4.69, 9.17) is 39.9 Å². The van der Waals surface area contributed by atoms with Crippen molar-refractivity contribution < 1.29 is 14.7 Å². The molecule has 0 saturated carbocycles. The standard InChI is InChI=1S/C11H10Cl3NO3S/c1-5(16)15-7(11(17)18)4-19-8-3-2-6(12)9(13)10(8)14/h2-3,7H,4H2,1H3,(H,15,16)(H,17,18)/t7-/m0/s1. The highest BCUT2D eigenvalue weighted by atomic mass is 35.5. The predicted molar refractivity (Wildman–Crippen MR) is 77.4 cm³/mol. The van der Waals surface area contributed by atoms with Gasteiger partial charge in [0.15, 0.2) is 0 Å². The Hall–Kier alpha value is -0.620. The van der Waals surface area contributed by atoms with Crippen LogP contribution < -0.4 is 5.32 Å². The van der Waals surface area contributed by atoms with E-state index in [2.05, 4.69) is 5.32 Å². The third-order valence-electron chi connectivity index (χ3n) is 2.08. The number of aliphatic carboxylic acids is 1. The lowest BCUT2D eigenvalue weighted by Gasteiger charge is -2.13. The van der Waals surface area contributed by atoms with Crippen molar-refractivity contribution >= 4 is 58.4 Å². The zero-order valence-corrected chi connectivity index (χ0v) is 12.8. The van der Waals surface area contributed by atoms with E-state index in [0.717, 1.165) is 0 Å². The first-order chi connectivity index (χ1) is 8.82. The minimum absolute atomic E-state index is 0.132. The van der Waals surface area contributed by atoms with Crippen molar-refractivity contribution in [3.05, 3.63) is 27.2 Å². The molecule has 1 rings (SSSR count). The lowest BCUT2D eigenvalue weighted by atomic mass is 10.3. The van der Waals surface area contributed by atoms with E-state index in [-0.39, 0.29) is 15.8 Å². The van der Waals surface area contributed by atoms with Gasteiger partial charge in [-0.25, -0.2) is 4.79 Å². The summed E-state index contributed by atoms with van der Waals surface area (Å²) < 4.78 is 0. The fraction of sp³-hybridized carbons (Fsp3) is 0.273. The Morgan fingerprint density at radius 2 is 1.95 bits per heavy atom. The Labute approximate surface area is 129 Å². The Morgan fingerprint density at radius 3 is 2.47 bits per heavy atom. The summed E-state index contributed by atoms with van der Waals surface area (Å²) in [7, 11) is 0. The molecule has 1 aromatic rings. The molecule has 0 spiro atoms. The molecule has 8 heteroatoms. The molecule has 2 N–H and O–H groups in total. The van der Waals surface area contributed by atoms with Gasteiger partial charge in [-0.3, -0.25) is 4.79 Å². The first-order valence-corrected chi connectivity index (χ1v) is 7.21. The van der Waals surface area contributed by atoms with Crippen LogP contribution in [-0.2, 0) is 9.59 Å². The van der Waals surface area contributed by atoms with Gasteiger partial charge in [-0.05, 0) is 12.1 Å². The monoisotopic (exact) mass is 341 g/mol. The molecule has 0 radical (unpaired) electrons. The number of hydrogen-bond donors (Lipinski definition) is 2. The minimum atomic E-state index is -1.11. The number of carbonyl (C=O) groups excluding carboxylic acids is 1. The number of nitrogens with one attached hydrogen (secondary N) is 1. The summed E-state index contributed by atoms with van der Waals surface area (Å²) in [6.45, 7) is 1.26. The van der Waals surface area contributed by atoms with Crippen LogP contribution >= 0.6 is 46.6 Å². The molecular formula is C11H10Cl3NO3S. The maximum Gasteiger partial charge on any atom is 0.327 e. The normalized spacial score (nSPS) is 12.0. The number of hydrogen-bond acceptors (Lipinski definition) is 3. The molecule has 0 aliphatic rings. The van der Waals surface area contributed by atoms with Crippen LogP contribution in [0.1, 0.15) is 6.92 Å². The van der Waals surface area contributed by atoms with E-state index in [9.17, 15) is 9.59 Å². The number of thioether (sulfide) groups is 1. The number of carbonyl (C=O) groups is 2. The second-order valence-electron chi connectivity index (χ2n) is 3.58. The SMILES string of the molecule is CC(=O)N[C@@H](CSc1ccc(Cl)c(Cl)c1Cl)C(=O)O. The average molecular weight is 343 g/mol. The number of carboxylic acid groups (broad SMARTS) is 1. The zero-order valence-electron chi connectivity index (χ0n) is 9.75. The molecule has 0 saturated heterocycles. The maximum absolute atomic E-state index is 11.0. The van der Waals surface area contributed by atoms with Crippen LogP contribution in [0.15, 0.2) is 17.0 Å². The van der Waals surface area contributed by atoms with Gasteiger partial charge in [0.25, 0.3) is 0 Å². The predicted octanol–water partition coefficient (Wildman–Crippen LogP) is 3.33. The first kappa shape index (κ1) is 16.4. The molecule has 0 fully saturated rings. The van der Waals surface area contributed by atoms with Gasteiger partial charge < -0.3 is 10.4 Å². The van der Waals surface area contributed by atoms with Crippen LogP contribution in [0.3, 0.4) is 0 Å². The van der Waals surface area contributed by atoms with Crippen molar-refractivity contribution in [3.63, 3.8) is 0 Å². The molecule has 0 aromatic heterocycles. The van der Waals surface area contributed by atoms with Gasteiger partial charge in [-0.15, -0.1) is 11.8 Å². The van der Waals surface area contributed by atoms with E-state index in [1.807, 2.05) is 0 Å². The third kappa shape index (κ3) is 4.76. The molecule has 0 heterocycles. The summed E-state index contributed by atoms with van der Waals surface area (Å²) in [5.41, 5.74) is 0. The molecule has 1 amide bonds. The van der Waals surface area contributed by atoms with Crippen LogP contribution in [0.25, 0.3) is 0 Å². The highest BCUT2D eigenvalue weighted by Gasteiger charge is 2.19. The minimum Gasteiger partial charge on any atom is -0.480 e. The van der Waals surface area contributed by atoms with Crippen molar-refractivity contribution in [1.82, 2.24) is 5.32 Å². The number of carboxylic acids is 1. The summed E-state index contributed by atoms with van der Waals surface area (Å²) in [5, 5.41) is 12.1. The number of halogens is 3. The molecule has 0 aliphatic heterocycles. The smallest absolute Gasteiger partial charge is 0.327 e. The number of amides is 1.